The molecule has 1 atom stereocenters. The molecule has 0 aromatic heterocycles. The number of piperidine rings is 1. The summed E-state index contributed by atoms with van der Waals surface area (Å²) in [5.41, 5.74) is -0.0512. The second kappa shape index (κ2) is 7.45. The van der Waals surface area contributed by atoms with Gasteiger partial charge in [0.2, 0.25) is 11.7 Å². The van der Waals surface area contributed by atoms with Crippen molar-refractivity contribution in [3.8, 4) is 0 Å². The molecule has 27 heavy (non-hydrogen) atoms. The van der Waals surface area contributed by atoms with Crippen LogP contribution in [0.25, 0.3) is 0 Å². The first-order chi connectivity index (χ1) is 13.1. The lowest BCUT2D eigenvalue weighted by Gasteiger charge is -2.44. The summed E-state index contributed by atoms with van der Waals surface area (Å²) in [6.07, 6.45) is 8.41. The van der Waals surface area contributed by atoms with Gasteiger partial charge in [-0.1, -0.05) is 49.6 Å². The standard InChI is InChI=1S/C22H28N2O3/c25-19(17-8-3-1-4-9-17)20(26)23-15-13-22(16-23)12-7-14-24(21(22)27)18-10-5-2-6-11-18/h1,3-4,8-9,18H,2,5-7,10-16H2. The van der Waals surface area contributed by atoms with Crippen molar-refractivity contribution in [2.24, 2.45) is 5.41 Å². The Morgan fingerprint density at radius 3 is 2.41 bits per heavy atom. The van der Waals surface area contributed by atoms with Gasteiger partial charge in [-0.15, -0.1) is 0 Å². The van der Waals surface area contributed by atoms with Gasteiger partial charge >= 0.3 is 0 Å². The average molecular weight is 368 g/mol. The molecule has 5 nitrogen and oxygen atoms in total. The first-order valence-electron chi connectivity index (χ1n) is 10.3. The molecule has 3 aliphatic rings. The van der Waals surface area contributed by atoms with Gasteiger partial charge in [0, 0.05) is 31.2 Å². The number of benzene rings is 1. The molecule has 1 unspecified atom stereocenters. The summed E-state index contributed by atoms with van der Waals surface area (Å²) in [6, 6.07) is 9.06. The van der Waals surface area contributed by atoms with Gasteiger partial charge in [0.15, 0.2) is 0 Å². The Kier molecular flexibility index (Phi) is 5.02. The summed E-state index contributed by atoms with van der Waals surface area (Å²) in [4.78, 5) is 42.3. The molecule has 0 radical (unpaired) electrons. The number of likely N-dealkylation sites (tertiary alicyclic amines) is 2. The van der Waals surface area contributed by atoms with Gasteiger partial charge in [0.1, 0.15) is 0 Å². The zero-order valence-electron chi connectivity index (χ0n) is 15.9. The number of rotatable bonds is 3. The number of ketones is 1. The Morgan fingerprint density at radius 1 is 0.926 bits per heavy atom. The Balaban J connectivity index is 1.46. The van der Waals surface area contributed by atoms with Crippen LogP contribution in [0.4, 0.5) is 0 Å². The monoisotopic (exact) mass is 368 g/mol. The summed E-state index contributed by atoms with van der Waals surface area (Å²) in [5, 5.41) is 0. The van der Waals surface area contributed by atoms with E-state index in [2.05, 4.69) is 4.90 Å². The highest BCUT2D eigenvalue weighted by Crippen LogP contribution is 2.42. The van der Waals surface area contributed by atoms with E-state index in [-0.39, 0.29) is 5.91 Å². The molecule has 144 valence electrons. The quantitative estimate of drug-likeness (QED) is 0.609. The minimum atomic E-state index is -0.472. The third-order valence-electron chi connectivity index (χ3n) is 6.66. The lowest BCUT2D eigenvalue weighted by molar-refractivity contribution is -0.149. The van der Waals surface area contributed by atoms with E-state index in [0.29, 0.717) is 31.1 Å². The van der Waals surface area contributed by atoms with Crippen LogP contribution in [0, 0.1) is 5.41 Å². The van der Waals surface area contributed by atoms with Crippen LogP contribution in [0.3, 0.4) is 0 Å². The SMILES string of the molecule is O=C(C(=O)N1CCC2(CCCN(C3CCCCC3)C2=O)C1)c1ccccc1. The van der Waals surface area contributed by atoms with E-state index in [9.17, 15) is 14.4 Å². The highest BCUT2D eigenvalue weighted by atomic mass is 16.2. The van der Waals surface area contributed by atoms with Crippen LogP contribution in [-0.4, -0.2) is 53.1 Å². The van der Waals surface area contributed by atoms with Crippen molar-refractivity contribution < 1.29 is 14.4 Å². The molecule has 4 rings (SSSR count). The molecule has 5 heteroatoms. The van der Waals surface area contributed by atoms with Gasteiger partial charge in [-0.3, -0.25) is 14.4 Å². The Hall–Kier alpha value is -2.17. The molecule has 2 amide bonds. The number of Topliss-reactive ketones (excluding diaryl/α,β-unsaturated/α-hetero) is 1. The fourth-order valence-corrected chi connectivity index (χ4v) is 5.12. The smallest absolute Gasteiger partial charge is 0.294 e. The molecule has 1 saturated carbocycles. The molecular weight excluding hydrogens is 340 g/mol. The highest BCUT2D eigenvalue weighted by Gasteiger charge is 2.51. The largest absolute Gasteiger partial charge is 0.339 e. The molecule has 2 aliphatic heterocycles. The van der Waals surface area contributed by atoms with Crippen molar-refractivity contribution in [2.75, 3.05) is 19.6 Å². The number of amides is 2. The third kappa shape index (κ3) is 3.40. The first kappa shape index (κ1) is 18.2. The van der Waals surface area contributed by atoms with E-state index >= 15 is 0 Å². The molecule has 1 spiro atoms. The summed E-state index contributed by atoms with van der Waals surface area (Å²) < 4.78 is 0. The van der Waals surface area contributed by atoms with Crippen LogP contribution in [0.15, 0.2) is 30.3 Å². The first-order valence-corrected chi connectivity index (χ1v) is 10.3. The Bertz CT molecular complexity index is 726. The van der Waals surface area contributed by atoms with Crippen molar-refractivity contribution >= 4 is 17.6 Å². The average Bonchev–Trinajstić information content (AvgIpc) is 3.15. The molecule has 0 N–H and O–H groups in total. The maximum atomic E-state index is 13.4. The summed E-state index contributed by atoms with van der Waals surface area (Å²) in [6.45, 7) is 1.75. The molecule has 2 heterocycles. The molecule has 3 fully saturated rings. The lowest BCUT2D eigenvalue weighted by Crippen LogP contribution is -2.54. The van der Waals surface area contributed by atoms with E-state index in [0.717, 1.165) is 32.2 Å². The van der Waals surface area contributed by atoms with Gasteiger partial charge in [-0.25, -0.2) is 0 Å². The van der Waals surface area contributed by atoms with Gasteiger partial charge < -0.3 is 9.80 Å². The van der Waals surface area contributed by atoms with Gasteiger partial charge in [0.05, 0.1) is 5.41 Å². The second-order valence-electron chi connectivity index (χ2n) is 8.35. The maximum Gasteiger partial charge on any atom is 0.294 e. The minimum Gasteiger partial charge on any atom is -0.339 e. The van der Waals surface area contributed by atoms with Crippen molar-refractivity contribution in [1.82, 2.24) is 9.80 Å². The fraction of sp³-hybridized carbons (Fsp3) is 0.591. The number of carbonyl (C=O) groups excluding carboxylic acids is 3. The maximum absolute atomic E-state index is 13.4. The van der Waals surface area contributed by atoms with Crippen LogP contribution in [0.2, 0.25) is 0 Å². The summed E-state index contributed by atoms with van der Waals surface area (Å²) >= 11 is 0. The number of hydrogen-bond donors (Lipinski definition) is 0. The van der Waals surface area contributed by atoms with E-state index in [1.165, 1.54) is 19.3 Å². The fourth-order valence-electron chi connectivity index (χ4n) is 5.12. The van der Waals surface area contributed by atoms with Crippen molar-refractivity contribution in [3.05, 3.63) is 35.9 Å². The number of hydrogen-bond acceptors (Lipinski definition) is 3. The molecule has 1 aliphatic carbocycles. The Morgan fingerprint density at radius 2 is 1.67 bits per heavy atom. The van der Waals surface area contributed by atoms with E-state index in [4.69, 9.17) is 0 Å². The summed E-state index contributed by atoms with van der Waals surface area (Å²) in [7, 11) is 0. The van der Waals surface area contributed by atoms with Gasteiger partial charge in [-0.05, 0) is 32.1 Å². The number of carbonyl (C=O) groups is 3. The van der Waals surface area contributed by atoms with Gasteiger partial charge in [0.25, 0.3) is 5.91 Å². The van der Waals surface area contributed by atoms with Crippen LogP contribution < -0.4 is 0 Å². The number of nitrogens with zero attached hydrogens (tertiary/aromatic N) is 2. The molecular formula is C22H28N2O3. The van der Waals surface area contributed by atoms with E-state index in [1.807, 2.05) is 6.07 Å². The zero-order valence-corrected chi connectivity index (χ0v) is 15.9. The van der Waals surface area contributed by atoms with Crippen molar-refractivity contribution in [2.45, 2.75) is 57.4 Å². The van der Waals surface area contributed by atoms with E-state index in [1.54, 1.807) is 29.2 Å². The Labute approximate surface area is 160 Å². The minimum absolute atomic E-state index is 0.225. The van der Waals surface area contributed by atoms with Crippen molar-refractivity contribution in [1.29, 1.82) is 0 Å². The highest BCUT2D eigenvalue weighted by molar-refractivity contribution is 6.42. The van der Waals surface area contributed by atoms with Gasteiger partial charge in [-0.2, -0.15) is 0 Å². The topological polar surface area (TPSA) is 57.7 Å². The van der Waals surface area contributed by atoms with Crippen LogP contribution >= 0.6 is 0 Å². The van der Waals surface area contributed by atoms with Crippen molar-refractivity contribution in [3.63, 3.8) is 0 Å². The molecule has 2 saturated heterocycles. The summed E-state index contributed by atoms with van der Waals surface area (Å²) in [5.74, 6) is -0.719. The van der Waals surface area contributed by atoms with Crippen LogP contribution in [-0.2, 0) is 9.59 Å². The predicted octanol–water partition coefficient (Wildman–Crippen LogP) is 3.04. The second-order valence-corrected chi connectivity index (χ2v) is 8.35. The molecule has 1 aromatic carbocycles. The third-order valence-corrected chi connectivity index (χ3v) is 6.66. The molecule has 0 bridgehead atoms. The van der Waals surface area contributed by atoms with Crippen LogP contribution in [0.5, 0.6) is 0 Å². The van der Waals surface area contributed by atoms with E-state index < -0.39 is 17.1 Å². The van der Waals surface area contributed by atoms with Crippen LogP contribution in [0.1, 0.15) is 61.7 Å². The molecule has 1 aromatic rings. The lowest BCUT2D eigenvalue weighted by atomic mass is 9.77. The zero-order chi connectivity index (χ0) is 18.9. The predicted molar refractivity (Wildman–Crippen MR) is 102 cm³/mol. The normalized spacial score (nSPS) is 26.6.